The highest BCUT2D eigenvalue weighted by Gasteiger charge is 2.48. The van der Waals surface area contributed by atoms with E-state index in [9.17, 15) is 14.7 Å². The molecule has 1 heterocycles. The smallest absolute Gasteiger partial charge is 0.311 e. The Morgan fingerprint density at radius 2 is 2.09 bits per heavy atom. The van der Waals surface area contributed by atoms with E-state index < -0.39 is 11.4 Å². The van der Waals surface area contributed by atoms with Gasteiger partial charge < -0.3 is 14.7 Å². The summed E-state index contributed by atoms with van der Waals surface area (Å²) in [4.78, 5) is 25.4. The van der Waals surface area contributed by atoms with Crippen molar-refractivity contribution in [1.29, 1.82) is 0 Å². The van der Waals surface area contributed by atoms with Crippen molar-refractivity contribution in [2.75, 3.05) is 19.7 Å². The molecule has 6 heteroatoms. The summed E-state index contributed by atoms with van der Waals surface area (Å²) in [5, 5.41) is 9.50. The van der Waals surface area contributed by atoms with E-state index in [-0.39, 0.29) is 25.0 Å². The van der Waals surface area contributed by atoms with Crippen LogP contribution in [0.5, 0.6) is 5.75 Å². The molecular formula is C16H20BrNO4. The summed E-state index contributed by atoms with van der Waals surface area (Å²) in [7, 11) is 0. The number of likely N-dealkylation sites (tertiary alicyclic amines) is 1. The largest absolute Gasteiger partial charge is 0.483 e. The zero-order valence-electron chi connectivity index (χ0n) is 12.7. The van der Waals surface area contributed by atoms with Gasteiger partial charge in [0.15, 0.2) is 6.61 Å². The second-order valence-electron chi connectivity index (χ2n) is 5.90. The number of aliphatic carboxylic acids is 1. The maximum Gasteiger partial charge on any atom is 0.311 e. The summed E-state index contributed by atoms with van der Waals surface area (Å²) in [5.74, 6) is -0.431. The fraction of sp³-hybridized carbons (Fsp3) is 0.500. The Balaban J connectivity index is 1.97. The Bertz CT molecular complexity index is 575. The molecule has 0 bridgehead atoms. The first kappa shape index (κ1) is 16.8. The number of para-hydroxylation sites is 1. The van der Waals surface area contributed by atoms with Gasteiger partial charge in [-0.2, -0.15) is 0 Å². The van der Waals surface area contributed by atoms with Crippen LogP contribution in [0.15, 0.2) is 28.7 Å². The number of nitrogens with zero attached hydrogens (tertiary/aromatic N) is 1. The molecule has 0 aliphatic carbocycles. The predicted octanol–water partition coefficient (Wildman–Crippen LogP) is 2.79. The average Bonchev–Trinajstić information content (AvgIpc) is 2.93. The van der Waals surface area contributed by atoms with Crippen LogP contribution in [0.25, 0.3) is 0 Å². The maximum absolute atomic E-state index is 12.3. The summed E-state index contributed by atoms with van der Waals surface area (Å²) in [5.41, 5.74) is -0.844. The number of carbonyl (C=O) groups is 2. The zero-order valence-corrected chi connectivity index (χ0v) is 14.3. The van der Waals surface area contributed by atoms with Crippen molar-refractivity contribution in [1.82, 2.24) is 4.90 Å². The minimum absolute atomic E-state index is 0.0213. The molecule has 1 unspecified atom stereocenters. The number of carboxylic acids is 1. The fourth-order valence-corrected chi connectivity index (χ4v) is 3.13. The minimum Gasteiger partial charge on any atom is -0.483 e. The van der Waals surface area contributed by atoms with Crippen LogP contribution in [-0.2, 0) is 9.59 Å². The molecule has 0 radical (unpaired) electrons. The summed E-state index contributed by atoms with van der Waals surface area (Å²) in [6.45, 7) is 4.40. The number of benzene rings is 1. The number of carboxylic acid groups (broad SMARTS) is 1. The normalized spacial score (nSPS) is 21.2. The SMILES string of the molecule is CC(C)C1(C(=O)O)CCN(C(=O)COc2ccccc2Br)C1. The standard InChI is InChI=1S/C16H20BrNO4/c1-11(2)16(15(20)21)7-8-18(10-16)14(19)9-22-13-6-4-3-5-12(13)17/h3-6,11H,7-10H2,1-2H3,(H,20,21). The van der Waals surface area contributed by atoms with Crippen molar-refractivity contribution in [2.45, 2.75) is 20.3 Å². The molecule has 120 valence electrons. The van der Waals surface area contributed by atoms with Gasteiger partial charge in [-0.05, 0) is 40.4 Å². The topological polar surface area (TPSA) is 66.8 Å². The molecule has 0 aromatic heterocycles. The molecule has 1 saturated heterocycles. The van der Waals surface area contributed by atoms with Crippen LogP contribution >= 0.6 is 15.9 Å². The summed E-state index contributed by atoms with van der Waals surface area (Å²) in [6, 6.07) is 7.30. The van der Waals surface area contributed by atoms with Gasteiger partial charge in [0.25, 0.3) is 5.91 Å². The van der Waals surface area contributed by atoms with Gasteiger partial charge in [0, 0.05) is 13.1 Å². The molecule has 22 heavy (non-hydrogen) atoms. The molecule has 1 aliphatic rings. The minimum atomic E-state index is -0.844. The molecule has 0 saturated carbocycles. The van der Waals surface area contributed by atoms with Crippen molar-refractivity contribution < 1.29 is 19.4 Å². The first-order valence-corrected chi connectivity index (χ1v) is 8.04. The van der Waals surface area contributed by atoms with Gasteiger partial charge >= 0.3 is 5.97 Å². The Morgan fingerprint density at radius 1 is 1.41 bits per heavy atom. The van der Waals surface area contributed by atoms with Crippen LogP contribution in [0.3, 0.4) is 0 Å². The Hall–Kier alpha value is -1.56. The summed E-state index contributed by atoms with van der Waals surface area (Å²) < 4.78 is 6.30. The molecular weight excluding hydrogens is 350 g/mol. The van der Waals surface area contributed by atoms with Crippen molar-refractivity contribution in [3.63, 3.8) is 0 Å². The Morgan fingerprint density at radius 3 is 2.64 bits per heavy atom. The van der Waals surface area contributed by atoms with Crippen LogP contribution in [0.4, 0.5) is 0 Å². The second kappa shape index (κ2) is 6.69. The van der Waals surface area contributed by atoms with Gasteiger partial charge in [-0.25, -0.2) is 0 Å². The molecule has 5 nitrogen and oxygen atoms in total. The third-order valence-corrected chi connectivity index (χ3v) is 5.03. The quantitative estimate of drug-likeness (QED) is 0.866. The molecule has 1 atom stereocenters. The van der Waals surface area contributed by atoms with Gasteiger partial charge in [-0.1, -0.05) is 26.0 Å². The van der Waals surface area contributed by atoms with Crippen LogP contribution in [0, 0.1) is 11.3 Å². The number of hydrogen-bond donors (Lipinski definition) is 1. The lowest BCUT2D eigenvalue weighted by molar-refractivity contribution is -0.151. The van der Waals surface area contributed by atoms with Crippen molar-refractivity contribution in [3.05, 3.63) is 28.7 Å². The number of ether oxygens (including phenoxy) is 1. The van der Waals surface area contributed by atoms with Crippen molar-refractivity contribution >= 4 is 27.8 Å². The first-order valence-electron chi connectivity index (χ1n) is 7.25. The Kier molecular flexibility index (Phi) is 5.11. The van der Waals surface area contributed by atoms with Crippen LogP contribution in [-0.4, -0.2) is 41.6 Å². The predicted molar refractivity (Wildman–Crippen MR) is 85.7 cm³/mol. The number of carbonyl (C=O) groups excluding carboxylic acids is 1. The van der Waals surface area contributed by atoms with Gasteiger partial charge in [0.2, 0.25) is 0 Å². The highest BCUT2D eigenvalue weighted by molar-refractivity contribution is 9.10. The lowest BCUT2D eigenvalue weighted by Crippen LogP contribution is -2.41. The molecule has 0 spiro atoms. The van der Waals surface area contributed by atoms with E-state index in [4.69, 9.17) is 4.74 Å². The van der Waals surface area contributed by atoms with Crippen molar-refractivity contribution in [3.8, 4) is 5.75 Å². The fourth-order valence-electron chi connectivity index (χ4n) is 2.73. The summed E-state index contributed by atoms with van der Waals surface area (Å²) in [6.07, 6.45) is 0.487. The highest BCUT2D eigenvalue weighted by Crippen LogP contribution is 2.38. The number of amides is 1. The van der Waals surface area contributed by atoms with Gasteiger partial charge in [-0.15, -0.1) is 0 Å². The Labute approximate surface area is 138 Å². The second-order valence-corrected chi connectivity index (χ2v) is 6.75. The third kappa shape index (κ3) is 3.27. The highest BCUT2D eigenvalue weighted by atomic mass is 79.9. The number of hydrogen-bond acceptors (Lipinski definition) is 3. The van der Waals surface area contributed by atoms with Gasteiger partial charge in [0.1, 0.15) is 5.75 Å². The lowest BCUT2D eigenvalue weighted by Gasteiger charge is -2.28. The van der Waals surface area contributed by atoms with Crippen LogP contribution in [0.2, 0.25) is 0 Å². The van der Waals surface area contributed by atoms with E-state index >= 15 is 0 Å². The van der Waals surface area contributed by atoms with E-state index in [0.29, 0.717) is 18.7 Å². The maximum atomic E-state index is 12.3. The van der Waals surface area contributed by atoms with Crippen molar-refractivity contribution in [2.24, 2.45) is 11.3 Å². The molecule has 1 amide bonds. The van der Waals surface area contributed by atoms with Gasteiger partial charge in [-0.3, -0.25) is 9.59 Å². The third-order valence-electron chi connectivity index (χ3n) is 4.37. The number of halogens is 1. The van der Waals surface area contributed by atoms with E-state index in [0.717, 1.165) is 4.47 Å². The van der Waals surface area contributed by atoms with E-state index in [1.165, 1.54) is 0 Å². The molecule has 1 N–H and O–H groups in total. The van der Waals surface area contributed by atoms with E-state index in [1.807, 2.05) is 32.0 Å². The lowest BCUT2D eigenvalue weighted by atomic mass is 9.76. The average molecular weight is 370 g/mol. The zero-order chi connectivity index (χ0) is 16.3. The molecule has 1 fully saturated rings. The van der Waals surface area contributed by atoms with E-state index in [2.05, 4.69) is 15.9 Å². The first-order chi connectivity index (χ1) is 10.4. The molecule has 1 aromatic carbocycles. The number of rotatable bonds is 5. The monoisotopic (exact) mass is 369 g/mol. The van der Waals surface area contributed by atoms with Gasteiger partial charge in [0.05, 0.1) is 9.89 Å². The molecule has 1 aromatic rings. The van der Waals surface area contributed by atoms with Crippen LogP contribution in [0.1, 0.15) is 20.3 Å². The van der Waals surface area contributed by atoms with Crippen LogP contribution < -0.4 is 4.74 Å². The molecule has 2 rings (SSSR count). The van der Waals surface area contributed by atoms with E-state index in [1.54, 1.807) is 11.0 Å². The molecule has 1 aliphatic heterocycles. The summed E-state index contributed by atoms with van der Waals surface area (Å²) >= 11 is 3.36.